The Hall–Kier alpha value is -1.97. The molecule has 1 heterocycles. The molecule has 0 aromatic carbocycles. The van der Waals surface area contributed by atoms with Crippen LogP contribution in [0.3, 0.4) is 0 Å². The maximum atomic E-state index is 12.4. The molecule has 0 fully saturated rings. The average molecular weight is 230 g/mol. The lowest BCUT2D eigenvalue weighted by atomic mass is 9.96. The molecule has 0 amide bonds. The van der Waals surface area contributed by atoms with Crippen LogP contribution in [0.15, 0.2) is 4.42 Å². The second kappa shape index (κ2) is 3.89. The molecule has 0 aliphatic rings. The molecule has 0 unspecified atom stereocenters. The first-order chi connectivity index (χ1) is 7.29. The van der Waals surface area contributed by atoms with Gasteiger partial charge in [-0.3, -0.25) is 0 Å². The molecule has 0 saturated carbocycles. The highest BCUT2D eigenvalue weighted by Gasteiger charge is 2.33. The molecule has 0 saturated heterocycles. The standard InChI is InChI=1S/C9H8F2N2O3/c1-9(2,3-12)8-13-4(6(10)11)5(16-8)7(14)15/h6H,1-2H3,(H,14,15). The van der Waals surface area contributed by atoms with Gasteiger partial charge in [-0.15, -0.1) is 0 Å². The van der Waals surface area contributed by atoms with Crippen LogP contribution < -0.4 is 0 Å². The van der Waals surface area contributed by atoms with Crippen molar-refractivity contribution in [3.63, 3.8) is 0 Å². The fourth-order valence-electron chi connectivity index (χ4n) is 0.948. The summed E-state index contributed by atoms with van der Waals surface area (Å²) in [4.78, 5) is 14.0. The zero-order chi connectivity index (χ0) is 12.5. The molecule has 86 valence electrons. The van der Waals surface area contributed by atoms with E-state index in [1.54, 1.807) is 6.07 Å². The normalized spacial score (nSPS) is 11.5. The van der Waals surface area contributed by atoms with Gasteiger partial charge in [0, 0.05) is 0 Å². The first-order valence-electron chi connectivity index (χ1n) is 4.23. The topological polar surface area (TPSA) is 87.1 Å². The van der Waals surface area contributed by atoms with Crippen molar-refractivity contribution in [2.75, 3.05) is 0 Å². The molecule has 0 radical (unpaired) electrons. The number of nitrogens with zero attached hydrogens (tertiary/aromatic N) is 2. The number of alkyl halides is 2. The Kier molecular flexibility index (Phi) is 2.94. The third-order valence-corrected chi connectivity index (χ3v) is 1.87. The Labute approximate surface area is 89.3 Å². The van der Waals surface area contributed by atoms with Gasteiger partial charge in [0.05, 0.1) is 6.07 Å². The summed E-state index contributed by atoms with van der Waals surface area (Å²) in [5, 5.41) is 17.4. The van der Waals surface area contributed by atoms with Crippen molar-refractivity contribution in [2.24, 2.45) is 0 Å². The molecule has 0 atom stereocenters. The number of oxazole rings is 1. The zero-order valence-electron chi connectivity index (χ0n) is 8.49. The van der Waals surface area contributed by atoms with Crippen LogP contribution in [0.1, 0.15) is 42.4 Å². The highest BCUT2D eigenvalue weighted by Crippen LogP contribution is 2.29. The van der Waals surface area contributed by atoms with E-state index in [0.29, 0.717) is 0 Å². The van der Waals surface area contributed by atoms with E-state index in [2.05, 4.69) is 9.40 Å². The van der Waals surface area contributed by atoms with Crippen LogP contribution in [0, 0.1) is 11.3 Å². The minimum Gasteiger partial charge on any atom is -0.475 e. The summed E-state index contributed by atoms with van der Waals surface area (Å²) in [5.74, 6) is -2.89. The van der Waals surface area contributed by atoms with Gasteiger partial charge in [-0.1, -0.05) is 0 Å². The fraction of sp³-hybridized carbons (Fsp3) is 0.444. The quantitative estimate of drug-likeness (QED) is 0.859. The summed E-state index contributed by atoms with van der Waals surface area (Å²) in [6, 6.07) is 1.78. The number of carboxylic acids is 1. The Balaban J connectivity index is 3.34. The van der Waals surface area contributed by atoms with Crippen molar-refractivity contribution in [1.29, 1.82) is 5.26 Å². The van der Waals surface area contributed by atoms with Crippen molar-refractivity contribution in [3.8, 4) is 6.07 Å². The Morgan fingerprint density at radius 2 is 2.19 bits per heavy atom. The number of aromatic carboxylic acids is 1. The Morgan fingerprint density at radius 1 is 1.62 bits per heavy atom. The second-order valence-corrected chi connectivity index (χ2v) is 3.58. The van der Waals surface area contributed by atoms with Gasteiger partial charge in [0.15, 0.2) is 5.69 Å². The number of aromatic nitrogens is 1. The Bertz CT molecular complexity index is 460. The van der Waals surface area contributed by atoms with E-state index in [0.717, 1.165) is 0 Å². The Morgan fingerprint density at radius 3 is 2.50 bits per heavy atom. The second-order valence-electron chi connectivity index (χ2n) is 3.58. The summed E-state index contributed by atoms with van der Waals surface area (Å²) < 4.78 is 29.5. The largest absolute Gasteiger partial charge is 0.475 e. The average Bonchev–Trinajstić information content (AvgIpc) is 2.62. The van der Waals surface area contributed by atoms with Crippen LogP contribution in [0.2, 0.25) is 0 Å². The lowest BCUT2D eigenvalue weighted by molar-refractivity contribution is 0.0643. The number of halogens is 2. The SMILES string of the molecule is CC(C)(C#N)c1nc(C(F)F)c(C(=O)O)o1. The molecule has 0 spiro atoms. The predicted octanol–water partition coefficient (Wildman–Crippen LogP) is 2.11. The van der Waals surface area contributed by atoms with Gasteiger partial charge in [0.25, 0.3) is 6.43 Å². The number of hydrogen-bond acceptors (Lipinski definition) is 4. The first kappa shape index (κ1) is 12.1. The van der Waals surface area contributed by atoms with Crippen molar-refractivity contribution < 1.29 is 23.1 Å². The molecule has 0 aliphatic carbocycles. The summed E-state index contributed by atoms with van der Waals surface area (Å²) in [6.45, 7) is 2.78. The number of nitriles is 1. The molecule has 1 aromatic rings. The van der Waals surface area contributed by atoms with E-state index in [4.69, 9.17) is 10.4 Å². The van der Waals surface area contributed by atoms with E-state index in [1.165, 1.54) is 13.8 Å². The summed E-state index contributed by atoms with van der Waals surface area (Å²) in [7, 11) is 0. The maximum Gasteiger partial charge on any atom is 0.374 e. The highest BCUT2D eigenvalue weighted by molar-refractivity contribution is 5.85. The van der Waals surface area contributed by atoms with Crippen molar-refractivity contribution in [1.82, 2.24) is 4.98 Å². The smallest absolute Gasteiger partial charge is 0.374 e. The molecule has 1 aromatic heterocycles. The van der Waals surface area contributed by atoms with E-state index >= 15 is 0 Å². The van der Waals surface area contributed by atoms with Gasteiger partial charge >= 0.3 is 5.97 Å². The lowest BCUT2D eigenvalue weighted by Crippen LogP contribution is -2.14. The minimum absolute atomic E-state index is 0.331. The monoisotopic (exact) mass is 230 g/mol. The van der Waals surface area contributed by atoms with Crippen LogP contribution in [0.4, 0.5) is 8.78 Å². The zero-order valence-corrected chi connectivity index (χ0v) is 8.49. The van der Waals surface area contributed by atoms with Gasteiger partial charge in [0.2, 0.25) is 11.7 Å². The van der Waals surface area contributed by atoms with Crippen LogP contribution >= 0.6 is 0 Å². The number of carbonyl (C=O) groups is 1. The molecule has 1 rings (SSSR count). The van der Waals surface area contributed by atoms with Gasteiger partial charge < -0.3 is 9.52 Å². The molecule has 16 heavy (non-hydrogen) atoms. The van der Waals surface area contributed by atoms with Crippen LogP contribution in [-0.2, 0) is 5.41 Å². The van der Waals surface area contributed by atoms with Crippen molar-refractivity contribution in [2.45, 2.75) is 25.7 Å². The third kappa shape index (κ3) is 2.00. The van der Waals surface area contributed by atoms with Crippen LogP contribution in [-0.4, -0.2) is 16.1 Å². The van der Waals surface area contributed by atoms with Gasteiger partial charge in [-0.2, -0.15) is 5.26 Å². The molecule has 0 bridgehead atoms. The molecular weight excluding hydrogens is 222 g/mol. The number of rotatable bonds is 3. The van der Waals surface area contributed by atoms with E-state index in [9.17, 15) is 13.6 Å². The lowest BCUT2D eigenvalue weighted by Gasteiger charge is -2.08. The maximum absolute atomic E-state index is 12.4. The van der Waals surface area contributed by atoms with Gasteiger partial charge in [-0.05, 0) is 13.8 Å². The first-order valence-corrected chi connectivity index (χ1v) is 4.23. The summed E-state index contributed by atoms with van der Waals surface area (Å²) >= 11 is 0. The van der Waals surface area contributed by atoms with E-state index < -0.39 is 29.3 Å². The predicted molar refractivity (Wildman–Crippen MR) is 47.1 cm³/mol. The highest BCUT2D eigenvalue weighted by atomic mass is 19.3. The fourth-order valence-corrected chi connectivity index (χ4v) is 0.948. The molecular formula is C9H8F2N2O3. The summed E-state index contributed by atoms with van der Waals surface area (Å²) in [5.41, 5.74) is -2.21. The van der Waals surface area contributed by atoms with Crippen molar-refractivity contribution in [3.05, 3.63) is 17.3 Å². The third-order valence-electron chi connectivity index (χ3n) is 1.87. The molecule has 5 nitrogen and oxygen atoms in total. The molecule has 1 N–H and O–H groups in total. The van der Waals surface area contributed by atoms with Gasteiger partial charge in [0.1, 0.15) is 5.41 Å². The van der Waals surface area contributed by atoms with Crippen molar-refractivity contribution >= 4 is 5.97 Å². The van der Waals surface area contributed by atoms with Gasteiger partial charge in [-0.25, -0.2) is 18.6 Å². The molecule has 7 heteroatoms. The number of hydrogen-bond donors (Lipinski definition) is 1. The minimum atomic E-state index is -3.06. The summed E-state index contributed by atoms with van der Waals surface area (Å²) in [6.07, 6.45) is -3.06. The van der Waals surface area contributed by atoms with E-state index in [1.807, 2.05) is 0 Å². The molecule has 0 aliphatic heterocycles. The van der Waals surface area contributed by atoms with Crippen LogP contribution in [0.25, 0.3) is 0 Å². The van der Waals surface area contributed by atoms with E-state index in [-0.39, 0.29) is 5.89 Å². The van der Waals surface area contributed by atoms with Crippen LogP contribution in [0.5, 0.6) is 0 Å². The number of carboxylic acid groups (broad SMARTS) is 1.